The number of methoxy groups -OCH3 is 1. The second-order valence-corrected chi connectivity index (χ2v) is 5.58. The number of aliphatic hydroxyl groups excluding tert-OH is 1. The highest BCUT2D eigenvalue weighted by Gasteiger charge is 2.22. The van der Waals surface area contributed by atoms with E-state index in [2.05, 4.69) is 12.2 Å². The first-order valence-corrected chi connectivity index (χ1v) is 7.12. The predicted molar refractivity (Wildman–Crippen MR) is 72.7 cm³/mol. The topological polar surface area (TPSA) is 50.7 Å². The van der Waals surface area contributed by atoms with Gasteiger partial charge in [0, 0.05) is 13.7 Å². The molecule has 4 heteroatoms. The predicted octanol–water partition coefficient (Wildman–Crippen LogP) is 1.42. The lowest BCUT2D eigenvalue weighted by molar-refractivity contribution is -0.0312. The quantitative estimate of drug-likeness (QED) is 0.657. The van der Waals surface area contributed by atoms with Crippen molar-refractivity contribution in [1.29, 1.82) is 0 Å². The molecule has 0 bridgehead atoms. The standard InChI is InChI=1S/C14H29NO3/c1-11-5-4-6-13(11)7-15-8-14(16)10-18-12(2)9-17-3/h11-16H,4-10H2,1-3H3. The van der Waals surface area contributed by atoms with Gasteiger partial charge in [-0.15, -0.1) is 0 Å². The van der Waals surface area contributed by atoms with Crippen LogP contribution in [0.3, 0.4) is 0 Å². The zero-order chi connectivity index (χ0) is 13.4. The molecule has 1 saturated carbocycles. The molecule has 0 spiro atoms. The lowest BCUT2D eigenvalue weighted by atomic mass is 9.98. The molecule has 0 amide bonds. The summed E-state index contributed by atoms with van der Waals surface area (Å²) in [5.74, 6) is 1.61. The van der Waals surface area contributed by atoms with Crippen LogP contribution in [0.2, 0.25) is 0 Å². The fraction of sp³-hybridized carbons (Fsp3) is 1.00. The fourth-order valence-corrected chi connectivity index (χ4v) is 2.58. The summed E-state index contributed by atoms with van der Waals surface area (Å²) in [4.78, 5) is 0. The SMILES string of the molecule is COCC(C)OCC(O)CNCC1CCCC1C. The molecule has 4 unspecified atom stereocenters. The van der Waals surface area contributed by atoms with Crippen LogP contribution in [0.4, 0.5) is 0 Å². The third-order valence-electron chi connectivity index (χ3n) is 3.80. The summed E-state index contributed by atoms with van der Waals surface area (Å²) in [6.07, 6.45) is 3.65. The Morgan fingerprint density at radius 3 is 2.72 bits per heavy atom. The molecule has 4 nitrogen and oxygen atoms in total. The maximum atomic E-state index is 9.78. The molecule has 4 atom stereocenters. The Balaban J connectivity index is 2.01. The Morgan fingerprint density at radius 2 is 2.11 bits per heavy atom. The van der Waals surface area contributed by atoms with Gasteiger partial charge in [0.2, 0.25) is 0 Å². The Morgan fingerprint density at radius 1 is 1.33 bits per heavy atom. The fourth-order valence-electron chi connectivity index (χ4n) is 2.58. The van der Waals surface area contributed by atoms with Gasteiger partial charge in [-0.1, -0.05) is 19.8 Å². The van der Waals surface area contributed by atoms with Crippen LogP contribution < -0.4 is 5.32 Å². The molecule has 0 aromatic rings. The van der Waals surface area contributed by atoms with Crippen LogP contribution in [-0.2, 0) is 9.47 Å². The van der Waals surface area contributed by atoms with Crippen molar-refractivity contribution in [2.75, 3.05) is 33.4 Å². The van der Waals surface area contributed by atoms with Crippen molar-refractivity contribution in [2.45, 2.75) is 45.3 Å². The minimum atomic E-state index is -0.430. The summed E-state index contributed by atoms with van der Waals surface area (Å²) in [7, 11) is 1.65. The van der Waals surface area contributed by atoms with Crippen LogP contribution in [0.25, 0.3) is 0 Å². The highest BCUT2D eigenvalue weighted by Crippen LogP contribution is 2.30. The molecule has 0 aliphatic heterocycles. The van der Waals surface area contributed by atoms with E-state index >= 15 is 0 Å². The number of rotatable bonds is 9. The van der Waals surface area contributed by atoms with Crippen LogP contribution in [0.5, 0.6) is 0 Å². The highest BCUT2D eigenvalue weighted by molar-refractivity contribution is 4.76. The van der Waals surface area contributed by atoms with Gasteiger partial charge in [0.1, 0.15) is 0 Å². The Kier molecular flexibility index (Phi) is 7.82. The van der Waals surface area contributed by atoms with E-state index in [9.17, 15) is 5.11 Å². The van der Waals surface area contributed by atoms with Crippen molar-refractivity contribution in [3.05, 3.63) is 0 Å². The molecular weight excluding hydrogens is 230 g/mol. The summed E-state index contributed by atoms with van der Waals surface area (Å²) >= 11 is 0. The Labute approximate surface area is 111 Å². The molecule has 1 aliphatic rings. The van der Waals surface area contributed by atoms with E-state index in [4.69, 9.17) is 9.47 Å². The van der Waals surface area contributed by atoms with E-state index in [1.54, 1.807) is 7.11 Å². The third-order valence-corrected chi connectivity index (χ3v) is 3.80. The average Bonchev–Trinajstić information content (AvgIpc) is 2.73. The molecule has 0 aromatic carbocycles. The van der Waals surface area contributed by atoms with Crippen molar-refractivity contribution < 1.29 is 14.6 Å². The molecule has 0 radical (unpaired) electrons. The molecule has 2 N–H and O–H groups in total. The number of aliphatic hydroxyl groups is 1. The van der Waals surface area contributed by atoms with E-state index in [0.29, 0.717) is 19.8 Å². The summed E-state index contributed by atoms with van der Waals surface area (Å²) < 4.78 is 10.4. The average molecular weight is 259 g/mol. The largest absolute Gasteiger partial charge is 0.389 e. The van der Waals surface area contributed by atoms with Crippen molar-refractivity contribution in [1.82, 2.24) is 5.32 Å². The van der Waals surface area contributed by atoms with Gasteiger partial charge in [-0.2, -0.15) is 0 Å². The minimum absolute atomic E-state index is 0.0412. The maximum absolute atomic E-state index is 9.78. The molecular formula is C14H29NO3. The van der Waals surface area contributed by atoms with Crippen LogP contribution in [0.15, 0.2) is 0 Å². The normalized spacial score (nSPS) is 27.3. The molecule has 0 saturated heterocycles. The van der Waals surface area contributed by atoms with Gasteiger partial charge >= 0.3 is 0 Å². The van der Waals surface area contributed by atoms with Crippen LogP contribution in [-0.4, -0.2) is 50.7 Å². The monoisotopic (exact) mass is 259 g/mol. The number of hydrogen-bond donors (Lipinski definition) is 2. The van der Waals surface area contributed by atoms with Gasteiger partial charge in [0.05, 0.1) is 25.4 Å². The van der Waals surface area contributed by atoms with E-state index < -0.39 is 6.10 Å². The third kappa shape index (κ3) is 6.14. The summed E-state index contributed by atoms with van der Waals surface area (Å²) in [5.41, 5.74) is 0. The van der Waals surface area contributed by atoms with E-state index in [-0.39, 0.29) is 6.10 Å². The van der Waals surface area contributed by atoms with E-state index in [1.165, 1.54) is 19.3 Å². The van der Waals surface area contributed by atoms with Gasteiger partial charge in [-0.3, -0.25) is 0 Å². The Hall–Kier alpha value is -0.160. The highest BCUT2D eigenvalue weighted by atomic mass is 16.5. The van der Waals surface area contributed by atoms with Crippen LogP contribution >= 0.6 is 0 Å². The zero-order valence-corrected chi connectivity index (χ0v) is 12.0. The summed E-state index contributed by atoms with van der Waals surface area (Å²) in [6.45, 7) is 6.85. The number of ether oxygens (including phenoxy) is 2. The van der Waals surface area contributed by atoms with Gasteiger partial charge in [0.15, 0.2) is 0 Å². The number of nitrogens with one attached hydrogen (secondary N) is 1. The zero-order valence-electron chi connectivity index (χ0n) is 12.0. The van der Waals surface area contributed by atoms with E-state index in [0.717, 1.165) is 18.4 Å². The molecule has 0 aromatic heterocycles. The summed E-state index contributed by atoms with van der Waals surface area (Å²) in [6, 6.07) is 0. The van der Waals surface area contributed by atoms with Gasteiger partial charge < -0.3 is 19.9 Å². The lowest BCUT2D eigenvalue weighted by Gasteiger charge is -2.19. The molecule has 1 rings (SSSR count). The first kappa shape index (κ1) is 15.9. The van der Waals surface area contributed by atoms with Crippen molar-refractivity contribution in [3.63, 3.8) is 0 Å². The van der Waals surface area contributed by atoms with Gasteiger partial charge in [0.25, 0.3) is 0 Å². The van der Waals surface area contributed by atoms with Crippen molar-refractivity contribution in [2.24, 2.45) is 11.8 Å². The van der Waals surface area contributed by atoms with Gasteiger partial charge in [-0.05, 0) is 31.7 Å². The first-order chi connectivity index (χ1) is 8.63. The summed E-state index contributed by atoms with van der Waals surface area (Å²) in [5, 5.41) is 13.1. The molecule has 1 fully saturated rings. The molecule has 108 valence electrons. The maximum Gasteiger partial charge on any atom is 0.0897 e. The molecule has 1 aliphatic carbocycles. The van der Waals surface area contributed by atoms with Crippen molar-refractivity contribution >= 4 is 0 Å². The number of hydrogen-bond acceptors (Lipinski definition) is 4. The molecule has 0 heterocycles. The van der Waals surface area contributed by atoms with Gasteiger partial charge in [-0.25, -0.2) is 0 Å². The first-order valence-electron chi connectivity index (χ1n) is 7.12. The second-order valence-electron chi connectivity index (χ2n) is 5.58. The van der Waals surface area contributed by atoms with Crippen LogP contribution in [0, 0.1) is 11.8 Å². The van der Waals surface area contributed by atoms with E-state index in [1.807, 2.05) is 6.92 Å². The Bertz CT molecular complexity index is 213. The van der Waals surface area contributed by atoms with Crippen molar-refractivity contribution in [3.8, 4) is 0 Å². The minimum Gasteiger partial charge on any atom is -0.389 e. The van der Waals surface area contributed by atoms with Crippen LogP contribution in [0.1, 0.15) is 33.1 Å². The molecule has 18 heavy (non-hydrogen) atoms. The lowest BCUT2D eigenvalue weighted by Crippen LogP contribution is -2.35. The second kappa shape index (κ2) is 8.86. The smallest absolute Gasteiger partial charge is 0.0897 e.